The highest BCUT2D eigenvalue weighted by atomic mass is 35.5. The fourth-order valence-electron chi connectivity index (χ4n) is 4.19. The van der Waals surface area contributed by atoms with Crippen molar-refractivity contribution in [2.24, 2.45) is 0 Å². The van der Waals surface area contributed by atoms with Crippen LogP contribution in [0.3, 0.4) is 0 Å². The molecule has 8 nitrogen and oxygen atoms in total. The third-order valence-electron chi connectivity index (χ3n) is 6.25. The van der Waals surface area contributed by atoms with Crippen LogP contribution in [0, 0.1) is 0 Å². The van der Waals surface area contributed by atoms with E-state index in [1.54, 1.807) is 37.4 Å². The molecule has 0 bridgehead atoms. The molecule has 204 valence electrons. The number of halogens is 1. The second-order valence-corrected chi connectivity index (χ2v) is 9.77. The molecule has 0 saturated carbocycles. The second-order valence-electron chi connectivity index (χ2n) is 8.96. The minimum absolute atomic E-state index is 0.00634. The Hall–Kier alpha value is -3.82. The first kappa shape index (κ1) is 28.2. The van der Waals surface area contributed by atoms with Gasteiger partial charge in [0.2, 0.25) is 0 Å². The van der Waals surface area contributed by atoms with Crippen LogP contribution in [0.25, 0.3) is 0 Å². The minimum Gasteiger partial charge on any atom is -0.497 e. The summed E-state index contributed by atoms with van der Waals surface area (Å²) in [5.74, 6) is 1.01. The van der Waals surface area contributed by atoms with Gasteiger partial charge in [-0.25, -0.2) is 0 Å². The van der Waals surface area contributed by atoms with Crippen LogP contribution in [0.2, 0.25) is 5.02 Å². The molecule has 0 radical (unpaired) electrons. The molecule has 0 unspecified atom stereocenters. The number of anilines is 2. The summed E-state index contributed by atoms with van der Waals surface area (Å²) < 4.78 is 10.8. The summed E-state index contributed by atoms with van der Waals surface area (Å²) >= 11 is 11.9. The van der Waals surface area contributed by atoms with Gasteiger partial charge in [0, 0.05) is 43.0 Å². The topological polar surface area (TPSA) is 83.1 Å². The number of thiocarbonyl (C=S) groups is 1. The maximum atomic E-state index is 13.0. The highest BCUT2D eigenvalue weighted by Crippen LogP contribution is 2.30. The number of carbonyl (C=O) groups is 2. The van der Waals surface area contributed by atoms with E-state index in [1.807, 2.05) is 41.3 Å². The summed E-state index contributed by atoms with van der Waals surface area (Å²) in [5, 5.41) is 6.37. The molecule has 1 aliphatic rings. The zero-order valence-electron chi connectivity index (χ0n) is 21.9. The zero-order valence-corrected chi connectivity index (χ0v) is 23.5. The molecule has 3 aromatic rings. The summed E-state index contributed by atoms with van der Waals surface area (Å²) in [6, 6.07) is 19.6. The number of nitrogens with zero attached hydrogens (tertiary/aromatic N) is 2. The molecule has 2 N–H and O–H groups in total. The molecule has 0 aromatic heterocycles. The van der Waals surface area contributed by atoms with Crippen molar-refractivity contribution in [1.29, 1.82) is 0 Å². The predicted molar refractivity (Wildman–Crippen MR) is 158 cm³/mol. The number of hydrogen-bond acceptors (Lipinski definition) is 6. The third-order valence-corrected chi connectivity index (χ3v) is 6.75. The second kappa shape index (κ2) is 13.3. The number of nitrogens with one attached hydrogen (secondary N) is 2. The van der Waals surface area contributed by atoms with E-state index in [4.69, 9.17) is 33.3 Å². The number of benzene rings is 3. The Labute approximate surface area is 238 Å². The highest BCUT2D eigenvalue weighted by Gasteiger charge is 2.23. The van der Waals surface area contributed by atoms with Crippen molar-refractivity contribution in [2.45, 2.75) is 13.3 Å². The molecule has 0 spiro atoms. The first-order valence-electron chi connectivity index (χ1n) is 12.7. The molecule has 1 heterocycles. The minimum atomic E-state index is -0.345. The number of carbonyl (C=O) groups excluding carboxylic acids is 2. The van der Waals surface area contributed by atoms with Crippen molar-refractivity contribution < 1.29 is 19.1 Å². The van der Waals surface area contributed by atoms with Crippen molar-refractivity contribution in [1.82, 2.24) is 10.2 Å². The van der Waals surface area contributed by atoms with Crippen LogP contribution in [-0.2, 0) is 0 Å². The van der Waals surface area contributed by atoms with Gasteiger partial charge in [-0.3, -0.25) is 14.9 Å². The lowest BCUT2D eigenvalue weighted by Crippen LogP contribution is -2.48. The number of ether oxygens (including phenoxy) is 2. The Morgan fingerprint density at radius 3 is 2.36 bits per heavy atom. The molecule has 10 heteroatoms. The lowest BCUT2D eigenvalue weighted by molar-refractivity contribution is 0.0746. The largest absolute Gasteiger partial charge is 0.497 e. The Balaban J connectivity index is 1.30. The third kappa shape index (κ3) is 7.40. The fraction of sp³-hybridized carbons (Fsp3) is 0.276. The van der Waals surface area contributed by atoms with Crippen LogP contribution in [0.1, 0.15) is 34.1 Å². The van der Waals surface area contributed by atoms with Crippen LogP contribution < -0.4 is 25.0 Å². The average Bonchev–Trinajstić information content (AvgIpc) is 2.96. The summed E-state index contributed by atoms with van der Waals surface area (Å²) in [5.41, 5.74) is 2.61. The molecule has 4 rings (SSSR count). The Bertz CT molecular complexity index is 1330. The van der Waals surface area contributed by atoms with E-state index in [0.29, 0.717) is 60.4 Å². The lowest BCUT2D eigenvalue weighted by Gasteiger charge is -2.36. The number of hydrogen-bond donors (Lipinski definition) is 2. The number of methoxy groups -OCH3 is 1. The summed E-state index contributed by atoms with van der Waals surface area (Å²) in [6.07, 6.45) is 0.935. The van der Waals surface area contributed by atoms with E-state index in [-0.39, 0.29) is 16.9 Å². The van der Waals surface area contributed by atoms with Gasteiger partial charge in [-0.2, -0.15) is 0 Å². The van der Waals surface area contributed by atoms with Gasteiger partial charge in [-0.15, -0.1) is 0 Å². The van der Waals surface area contributed by atoms with Gasteiger partial charge in [0.1, 0.15) is 11.5 Å². The molecule has 39 heavy (non-hydrogen) atoms. The maximum absolute atomic E-state index is 13.0. The van der Waals surface area contributed by atoms with E-state index in [9.17, 15) is 9.59 Å². The summed E-state index contributed by atoms with van der Waals surface area (Å²) in [6.45, 7) is 5.20. The monoisotopic (exact) mass is 566 g/mol. The lowest BCUT2D eigenvalue weighted by atomic mass is 10.1. The Morgan fingerprint density at radius 1 is 0.949 bits per heavy atom. The Morgan fingerprint density at radius 2 is 1.69 bits per heavy atom. The predicted octanol–water partition coefficient (Wildman–Crippen LogP) is 5.23. The molecule has 1 fully saturated rings. The average molecular weight is 567 g/mol. The number of rotatable bonds is 8. The first-order chi connectivity index (χ1) is 18.9. The summed E-state index contributed by atoms with van der Waals surface area (Å²) in [7, 11) is 1.54. The van der Waals surface area contributed by atoms with Crippen LogP contribution in [-0.4, -0.2) is 61.7 Å². The Kier molecular flexibility index (Phi) is 9.62. The zero-order chi connectivity index (χ0) is 27.8. The van der Waals surface area contributed by atoms with Crippen LogP contribution in [0.15, 0.2) is 66.7 Å². The van der Waals surface area contributed by atoms with E-state index < -0.39 is 0 Å². The van der Waals surface area contributed by atoms with Crippen molar-refractivity contribution in [2.75, 3.05) is 50.1 Å². The van der Waals surface area contributed by atoms with Crippen molar-refractivity contribution in [3.63, 3.8) is 0 Å². The van der Waals surface area contributed by atoms with Gasteiger partial charge in [-0.1, -0.05) is 24.6 Å². The molecule has 0 atom stereocenters. The number of piperazine rings is 1. The molecule has 1 saturated heterocycles. The molecule has 1 aliphatic heterocycles. The van der Waals surface area contributed by atoms with Crippen molar-refractivity contribution >= 4 is 52.1 Å². The van der Waals surface area contributed by atoms with Crippen molar-refractivity contribution in [3.8, 4) is 11.5 Å². The molecular weight excluding hydrogens is 536 g/mol. The first-order valence-corrected chi connectivity index (χ1v) is 13.5. The smallest absolute Gasteiger partial charge is 0.257 e. The standard InChI is InChI=1S/C29H31ClN4O4S/c1-3-17-38-23-10-7-20(8-11-23)28(36)34-15-13-33(14-16-34)26-12-9-22(19-25(26)30)31-29(39)32-27(35)21-5-4-6-24(18-21)37-2/h4-12,18-19H,3,13-17H2,1-2H3,(H2,31,32,35,39). The van der Waals surface area contributed by atoms with Crippen LogP contribution in [0.5, 0.6) is 11.5 Å². The summed E-state index contributed by atoms with van der Waals surface area (Å²) in [4.78, 5) is 29.5. The SMILES string of the molecule is CCCOc1ccc(C(=O)N2CCN(c3ccc(NC(=S)NC(=O)c4cccc(OC)c4)cc3Cl)CC2)cc1. The van der Waals surface area contributed by atoms with Crippen LogP contribution >= 0.6 is 23.8 Å². The van der Waals surface area contributed by atoms with Gasteiger partial charge < -0.3 is 24.6 Å². The van der Waals surface area contributed by atoms with E-state index in [1.165, 1.54) is 0 Å². The highest BCUT2D eigenvalue weighted by molar-refractivity contribution is 7.80. The molecule has 0 aliphatic carbocycles. The molecule has 3 aromatic carbocycles. The normalized spacial score (nSPS) is 13.0. The maximum Gasteiger partial charge on any atom is 0.257 e. The van der Waals surface area contributed by atoms with Gasteiger partial charge in [0.15, 0.2) is 5.11 Å². The van der Waals surface area contributed by atoms with E-state index in [2.05, 4.69) is 22.5 Å². The molecular formula is C29H31ClN4O4S. The fourth-order valence-corrected chi connectivity index (χ4v) is 4.70. The van der Waals surface area contributed by atoms with Gasteiger partial charge >= 0.3 is 0 Å². The van der Waals surface area contributed by atoms with E-state index >= 15 is 0 Å². The van der Waals surface area contributed by atoms with Crippen LogP contribution in [0.4, 0.5) is 11.4 Å². The van der Waals surface area contributed by atoms with Gasteiger partial charge in [0.05, 0.1) is 24.4 Å². The number of amides is 2. The van der Waals surface area contributed by atoms with Gasteiger partial charge in [0.25, 0.3) is 11.8 Å². The quantitative estimate of drug-likeness (QED) is 0.361. The van der Waals surface area contributed by atoms with Gasteiger partial charge in [-0.05, 0) is 79.3 Å². The molecule has 2 amide bonds. The van der Waals surface area contributed by atoms with Crippen molar-refractivity contribution in [3.05, 3.63) is 82.9 Å². The van der Waals surface area contributed by atoms with E-state index in [0.717, 1.165) is 17.9 Å².